The number of thiazole rings is 1. The lowest BCUT2D eigenvalue weighted by Crippen LogP contribution is -2.41. The minimum Gasteiger partial charge on any atom is -0.459 e. The summed E-state index contributed by atoms with van der Waals surface area (Å²) in [6, 6.07) is 3.80. The minimum atomic E-state index is -0.285. The van der Waals surface area contributed by atoms with E-state index in [0.29, 0.717) is 16.6 Å². The SMILES string of the molecule is Cc1ccc(-c2nc(C)c(C(=O)N(C)CC3CCN(CC(C)O)CC3)s2)o1. The van der Waals surface area contributed by atoms with Crippen molar-refractivity contribution in [1.29, 1.82) is 0 Å². The standard InChI is InChI=1S/C20H29N3O3S/c1-13(24)11-23-9-7-16(8-10-23)12-22(4)20(25)18-15(3)21-19(27-18)17-6-5-14(2)26-17/h5-6,13,16,24H,7-12H2,1-4H3. The van der Waals surface area contributed by atoms with E-state index in [4.69, 9.17) is 4.42 Å². The van der Waals surface area contributed by atoms with Gasteiger partial charge in [0.05, 0.1) is 11.8 Å². The number of nitrogens with zero attached hydrogens (tertiary/aromatic N) is 3. The van der Waals surface area contributed by atoms with Crippen molar-refractivity contribution in [2.24, 2.45) is 5.92 Å². The quantitative estimate of drug-likeness (QED) is 0.819. The van der Waals surface area contributed by atoms with E-state index in [1.165, 1.54) is 11.3 Å². The fourth-order valence-corrected chi connectivity index (χ4v) is 4.64. The van der Waals surface area contributed by atoms with Crippen molar-refractivity contribution in [2.45, 2.75) is 39.7 Å². The first-order chi connectivity index (χ1) is 12.8. The molecular weight excluding hydrogens is 362 g/mol. The average Bonchev–Trinajstić information content (AvgIpc) is 3.21. The van der Waals surface area contributed by atoms with Gasteiger partial charge in [-0.25, -0.2) is 4.98 Å². The van der Waals surface area contributed by atoms with Gasteiger partial charge in [-0.1, -0.05) is 0 Å². The van der Waals surface area contributed by atoms with Crippen molar-refractivity contribution in [3.63, 3.8) is 0 Å². The summed E-state index contributed by atoms with van der Waals surface area (Å²) in [5.74, 6) is 2.09. The zero-order valence-electron chi connectivity index (χ0n) is 16.6. The van der Waals surface area contributed by atoms with E-state index in [-0.39, 0.29) is 12.0 Å². The van der Waals surface area contributed by atoms with Crippen LogP contribution < -0.4 is 0 Å². The first-order valence-corrected chi connectivity index (χ1v) is 10.3. The number of aliphatic hydroxyl groups excluding tert-OH is 1. The molecule has 1 unspecified atom stereocenters. The third-order valence-corrected chi connectivity index (χ3v) is 6.21. The molecule has 0 aliphatic carbocycles. The van der Waals surface area contributed by atoms with Gasteiger partial charge in [0.2, 0.25) is 0 Å². The molecule has 3 rings (SSSR count). The van der Waals surface area contributed by atoms with Gasteiger partial charge in [0.25, 0.3) is 5.91 Å². The fourth-order valence-electron chi connectivity index (χ4n) is 3.62. The molecule has 0 spiro atoms. The van der Waals surface area contributed by atoms with E-state index in [9.17, 15) is 9.90 Å². The number of β-amino-alcohol motifs (C(OH)–C–C–N with tert-alkyl or cyclic N) is 1. The Morgan fingerprint density at radius 1 is 1.41 bits per heavy atom. The van der Waals surface area contributed by atoms with Gasteiger partial charge in [0.15, 0.2) is 10.8 Å². The Bertz CT molecular complexity index is 775. The Balaban J connectivity index is 1.59. The lowest BCUT2D eigenvalue weighted by atomic mass is 9.96. The highest BCUT2D eigenvalue weighted by Gasteiger charge is 2.25. The zero-order valence-corrected chi connectivity index (χ0v) is 17.4. The number of aryl methyl sites for hydroxylation is 2. The number of carbonyl (C=O) groups excluding carboxylic acids is 1. The van der Waals surface area contributed by atoms with Crippen molar-refractivity contribution in [1.82, 2.24) is 14.8 Å². The maximum Gasteiger partial charge on any atom is 0.265 e. The highest BCUT2D eigenvalue weighted by Crippen LogP contribution is 2.30. The van der Waals surface area contributed by atoms with Crippen LogP contribution in [-0.4, -0.2) is 65.1 Å². The summed E-state index contributed by atoms with van der Waals surface area (Å²) >= 11 is 1.40. The first kappa shape index (κ1) is 20.0. The predicted molar refractivity (Wildman–Crippen MR) is 107 cm³/mol. The summed E-state index contributed by atoms with van der Waals surface area (Å²) in [6.45, 7) is 9.07. The second kappa shape index (κ2) is 8.54. The molecule has 0 saturated carbocycles. The van der Waals surface area contributed by atoms with E-state index >= 15 is 0 Å². The molecule has 0 radical (unpaired) electrons. The normalized spacial score (nSPS) is 17.2. The predicted octanol–water partition coefficient (Wildman–Crippen LogP) is 3.18. The second-order valence-corrected chi connectivity index (χ2v) is 8.62. The number of hydrogen-bond acceptors (Lipinski definition) is 6. The van der Waals surface area contributed by atoms with E-state index in [0.717, 1.165) is 55.5 Å². The van der Waals surface area contributed by atoms with Crippen molar-refractivity contribution < 1.29 is 14.3 Å². The molecule has 1 saturated heterocycles. The zero-order chi connectivity index (χ0) is 19.6. The maximum atomic E-state index is 12.9. The van der Waals surface area contributed by atoms with Gasteiger partial charge in [-0.2, -0.15) is 0 Å². The average molecular weight is 392 g/mol. The molecule has 148 valence electrons. The van der Waals surface area contributed by atoms with Crippen LogP contribution in [-0.2, 0) is 0 Å². The van der Waals surface area contributed by atoms with Crippen LogP contribution in [0.25, 0.3) is 10.8 Å². The number of furan rings is 1. The third-order valence-electron chi connectivity index (χ3n) is 5.05. The Labute approximate surface area is 164 Å². The number of aromatic nitrogens is 1. The Hall–Kier alpha value is -1.70. The number of carbonyl (C=O) groups is 1. The van der Waals surface area contributed by atoms with Gasteiger partial charge in [-0.15, -0.1) is 11.3 Å². The minimum absolute atomic E-state index is 0.0333. The molecular formula is C20H29N3O3S. The van der Waals surface area contributed by atoms with E-state index in [1.54, 1.807) is 0 Å². The molecule has 1 fully saturated rings. The van der Waals surface area contributed by atoms with Gasteiger partial charge < -0.3 is 19.3 Å². The van der Waals surface area contributed by atoms with Crippen molar-refractivity contribution in [3.05, 3.63) is 28.5 Å². The monoisotopic (exact) mass is 391 g/mol. The summed E-state index contributed by atoms with van der Waals surface area (Å²) in [7, 11) is 1.88. The molecule has 1 atom stereocenters. The Morgan fingerprint density at radius 3 is 2.70 bits per heavy atom. The molecule has 2 aromatic rings. The Morgan fingerprint density at radius 2 is 2.11 bits per heavy atom. The summed E-state index contributed by atoms with van der Waals surface area (Å²) < 4.78 is 5.64. The topological polar surface area (TPSA) is 69.8 Å². The van der Waals surface area contributed by atoms with Crippen LogP contribution in [0.4, 0.5) is 0 Å². The number of rotatable bonds is 6. The summed E-state index contributed by atoms with van der Waals surface area (Å²) in [6.07, 6.45) is 1.83. The van der Waals surface area contributed by atoms with Crippen molar-refractivity contribution >= 4 is 17.2 Å². The first-order valence-electron chi connectivity index (χ1n) is 9.53. The van der Waals surface area contributed by atoms with Gasteiger partial charge in [-0.3, -0.25) is 4.79 Å². The maximum absolute atomic E-state index is 12.9. The summed E-state index contributed by atoms with van der Waals surface area (Å²) in [5, 5.41) is 10.3. The molecule has 2 aromatic heterocycles. The molecule has 1 aliphatic rings. The van der Waals surface area contributed by atoms with Crippen LogP contribution in [0.2, 0.25) is 0 Å². The lowest BCUT2D eigenvalue weighted by Gasteiger charge is -2.34. The van der Waals surface area contributed by atoms with E-state index in [2.05, 4.69) is 9.88 Å². The van der Waals surface area contributed by atoms with E-state index in [1.807, 2.05) is 44.9 Å². The van der Waals surface area contributed by atoms with Crippen molar-refractivity contribution in [3.8, 4) is 10.8 Å². The molecule has 1 N–H and O–H groups in total. The highest BCUT2D eigenvalue weighted by atomic mass is 32.1. The molecule has 1 aliphatic heterocycles. The summed E-state index contributed by atoms with van der Waals surface area (Å²) in [4.78, 5) is 22.3. The van der Waals surface area contributed by atoms with Gasteiger partial charge in [-0.05, 0) is 64.8 Å². The molecule has 27 heavy (non-hydrogen) atoms. The van der Waals surface area contributed by atoms with Crippen molar-refractivity contribution in [2.75, 3.05) is 33.2 Å². The van der Waals surface area contributed by atoms with Crippen LogP contribution in [0.5, 0.6) is 0 Å². The largest absolute Gasteiger partial charge is 0.459 e. The smallest absolute Gasteiger partial charge is 0.265 e. The second-order valence-electron chi connectivity index (χ2n) is 7.62. The third kappa shape index (κ3) is 4.97. The van der Waals surface area contributed by atoms with Crippen LogP contribution in [0, 0.1) is 19.8 Å². The van der Waals surface area contributed by atoms with Crippen LogP contribution >= 0.6 is 11.3 Å². The molecule has 0 bridgehead atoms. The highest BCUT2D eigenvalue weighted by molar-refractivity contribution is 7.17. The molecule has 3 heterocycles. The van der Waals surface area contributed by atoms with Crippen LogP contribution in [0.1, 0.15) is 40.9 Å². The number of hydrogen-bond donors (Lipinski definition) is 1. The Kier molecular flexibility index (Phi) is 6.34. The van der Waals surface area contributed by atoms with Gasteiger partial charge in [0, 0.05) is 20.1 Å². The number of likely N-dealkylation sites (tertiary alicyclic amines) is 1. The fraction of sp³-hybridized carbons (Fsp3) is 0.600. The van der Waals surface area contributed by atoms with Crippen LogP contribution in [0.3, 0.4) is 0 Å². The number of amides is 1. The van der Waals surface area contributed by atoms with Gasteiger partial charge >= 0.3 is 0 Å². The van der Waals surface area contributed by atoms with E-state index < -0.39 is 0 Å². The number of piperidine rings is 1. The number of aliphatic hydroxyl groups is 1. The molecule has 7 heteroatoms. The van der Waals surface area contributed by atoms with Gasteiger partial charge in [0.1, 0.15) is 10.6 Å². The molecule has 0 aromatic carbocycles. The van der Waals surface area contributed by atoms with Crippen LogP contribution in [0.15, 0.2) is 16.5 Å². The lowest BCUT2D eigenvalue weighted by molar-refractivity contribution is 0.0706. The molecule has 1 amide bonds. The molecule has 6 nitrogen and oxygen atoms in total. The summed E-state index contributed by atoms with van der Waals surface area (Å²) in [5.41, 5.74) is 0.757.